The molecule has 1 unspecified atom stereocenters. The van der Waals surface area contributed by atoms with Crippen LogP contribution < -0.4 is 0 Å². The van der Waals surface area contributed by atoms with Crippen molar-refractivity contribution in [3.63, 3.8) is 0 Å². The van der Waals surface area contributed by atoms with Gasteiger partial charge in [0.15, 0.2) is 17.7 Å². The van der Waals surface area contributed by atoms with Crippen LogP contribution in [0.5, 0.6) is 0 Å². The van der Waals surface area contributed by atoms with Crippen molar-refractivity contribution in [1.29, 1.82) is 0 Å². The first-order chi connectivity index (χ1) is 11.5. The first-order valence-corrected chi connectivity index (χ1v) is 8.65. The number of benzene rings is 1. The zero-order chi connectivity index (χ0) is 17.3. The number of ketones is 1. The molecule has 0 spiro atoms. The lowest BCUT2D eigenvalue weighted by atomic mass is 9.96. The Labute approximate surface area is 142 Å². The average Bonchev–Trinajstić information content (AvgIpc) is 3.00. The van der Waals surface area contributed by atoms with Gasteiger partial charge in [0, 0.05) is 15.8 Å². The number of rotatable bonds is 4. The normalized spacial score (nSPS) is 14.8. The molecule has 1 aliphatic rings. The smallest absolute Gasteiger partial charge is 0.339 e. The summed E-state index contributed by atoms with van der Waals surface area (Å²) in [4.78, 5) is 25.8. The molecule has 1 aliphatic carbocycles. The summed E-state index contributed by atoms with van der Waals surface area (Å²) in [7, 11) is 0. The van der Waals surface area contributed by atoms with Gasteiger partial charge in [-0.1, -0.05) is 0 Å². The Hall–Kier alpha value is -2.08. The lowest BCUT2D eigenvalue weighted by molar-refractivity contribution is 0.0318. The zero-order valence-corrected chi connectivity index (χ0v) is 13.9. The van der Waals surface area contributed by atoms with E-state index in [9.17, 15) is 18.4 Å². The van der Waals surface area contributed by atoms with Gasteiger partial charge in [-0.05, 0) is 56.4 Å². The van der Waals surface area contributed by atoms with Crippen LogP contribution in [0.15, 0.2) is 23.6 Å². The molecule has 1 aromatic carbocycles. The van der Waals surface area contributed by atoms with Crippen LogP contribution in [0.4, 0.5) is 8.78 Å². The van der Waals surface area contributed by atoms with Gasteiger partial charge in [0.1, 0.15) is 0 Å². The number of carbonyl (C=O) groups excluding carboxylic acids is 2. The summed E-state index contributed by atoms with van der Waals surface area (Å²) in [5.74, 6) is -3.24. The number of carbonyl (C=O) groups is 2. The monoisotopic (exact) mass is 350 g/mol. The number of halogens is 2. The summed E-state index contributed by atoms with van der Waals surface area (Å²) in [6.07, 6.45) is 2.90. The number of aryl methyl sites for hydroxylation is 1. The highest BCUT2D eigenvalue weighted by atomic mass is 32.1. The lowest BCUT2D eigenvalue weighted by Gasteiger charge is -2.15. The van der Waals surface area contributed by atoms with Crippen molar-refractivity contribution < 1.29 is 23.1 Å². The van der Waals surface area contributed by atoms with E-state index in [-0.39, 0.29) is 5.56 Å². The quantitative estimate of drug-likeness (QED) is 0.609. The van der Waals surface area contributed by atoms with E-state index < -0.39 is 29.5 Å². The fourth-order valence-electron chi connectivity index (χ4n) is 2.83. The maximum atomic E-state index is 13.2. The molecule has 0 saturated heterocycles. The van der Waals surface area contributed by atoms with E-state index in [1.54, 1.807) is 5.38 Å². The largest absolute Gasteiger partial charge is 0.451 e. The molecule has 2 aromatic rings. The Bertz CT molecular complexity index is 798. The standard InChI is InChI=1S/C18H16F2O3S/c1-10(17(21)11-6-7-14(19)15(20)8-11)23-18(22)13-9-24-16-5-3-2-4-12(13)16/h6-10H,2-5H2,1H3. The molecule has 3 nitrogen and oxygen atoms in total. The predicted molar refractivity (Wildman–Crippen MR) is 86.5 cm³/mol. The van der Waals surface area contributed by atoms with E-state index in [0.717, 1.165) is 43.4 Å². The average molecular weight is 350 g/mol. The summed E-state index contributed by atoms with van der Waals surface area (Å²) < 4.78 is 31.4. The number of hydrogen-bond acceptors (Lipinski definition) is 4. The number of ether oxygens (including phenoxy) is 1. The first-order valence-electron chi connectivity index (χ1n) is 7.77. The topological polar surface area (TPSA) is 43.4 Å². The molecule has 1 aromatic heterocycles. The van der Waals surface area contributed by atoms with E-state index >= 15 is 0 Å². The van der Waals surface area contributed by atoms with E-state index in [1.807, 2.05) is 0 Å². The predicted octanol–water partition coefficient (Wildman–Crippen LogP) is 4.33. The minimum atomic E-state index is -1.11. The number of esters is 1. The Morgan fingerprint density at radius 1 is 1.17 bits per heavy atom. The van der Waals surface area contributed by atoms with Gasteiger partial charge in [-0.3, -0.25) is 4.79 Å². The van der Waals surface area contributed by atoms with Gasteiger partial charge in [0.05, 0.1) is 5.56 Å². The van der Waals surface area contributed by atoms with Crippen LogP contribution in [0.25, 0.3) is 0 Å². The van der Waals surface area contributed by atoms with E-state index in [4.69, 9.17) is 4.74 Å². The summed E-state index contributed by atoms with van der Waals surface area (Å²) in [6.45, 7) is 1.43. The van der Waals surface area contributed by atoms with Crippen molar-refractivity contribution in [2.45, 2.75) is 38.7 Å². The number of Topliss-reactive ketones (excluding diaryl/α,β-unsaturated/α-hetero) is 1. The van der Waals surface area contributed by atoms with Crippen LogP contribution in [0.2, 0.25) is 0 Å². The van der Waals surface area contributed by atoms with Crippen LogP contribution in [-0.4, -0.2) is 17.9 Å². The molecule has 0 aliphatic heterocycles. The van der Waals surface area contributed by atoms with E-state index in [0.29, 0.717) is 5.56 Å². The molecule has 6 heteroatoms. The van der Waals surface area contributed by atoms with Gasteiger partial charge < -0.3 is 4.74 Å². The van der Waals surface area contributed by atoms with Crippen molar-refractivity contribution in [2.75, 3.05) is 0 Å². The third-order valence-electron chi connectivity index (χ3n) is 4.14. The van der Waals surface area contributed by atoms with Crippen LogP contribution in [0, 0.1) is 11.6 Å². The second-order valence-corrected chi connectivity index (χ2v) is 6.76. The second kappa shape index (κ2) is 6.81. The maximum absolute atomic E-state index is 13.2. The number of hydrogen-bond donors (Lipinski definition) is 0. The van der Waals surface area contributed by atoms with Crippen LogP contribution in [-0.2, 0) is 17.6 Å². The molecule has 0 fully saturated rings. The molecule has 0 amide bonds. The molecule has 1 atom stereocenters. The lowest BCUT2D eigenvalue weighted by Crippen LogP contribution is -2.25. The fraction of sp³-hybridized carbons (Fsp3) is 0.333. The summed E-state index contributed by atoms with van der Waals surface area (Å²) in [5.41, 5.74) is 1.50. The van der Waals surface area contributed by atoms with Gasteiger partial charge >= 0.3 is 5.97 Å². The minimum Gasteiger partial charge on any atom is -0.451 e. The molecular formula is C18H16F2O3S. The van der Waals surface area contributed by atoms with Crippen molar-refractivity contribution in [2.24, 2.45) is 0 Å². The highest BCUT2D eigenvalue weighted by Crippen LogP contribution is 2.30. The molecular weight excluding hydrogens is 334 g/mol. The Balaban J connectivity index is 1.73. The van der Waals surface area contributed by atoms with Crippen molar-refractivity contribution in [1.82, 2.24) is 0 Å². The van der Waals surface area contributed by atoms with Crippen LogP contribution >= 0.6 is 11.3 Å². The SMILES string of the molecule is CC(OC(=O)c1csc2c1CCCC2)C(=O)c1ccc(F)c(F)c1. The Morgan fingerprint density at radius 2 is 1.92 bits per heavy atom. The molecule has 126 valence electrons. The van der Waals surface area contributed by atoms with Gasteiger partial charge in [0.2, 0.25) is 5.78 Å². The summed E-state index contributed by atoms with van der Waals surface area (Å²) in [5, 5.41) is 1.77. The van der Waals surface area contributed by atoms with Crippen LogP contribution in [0.1, 0.15) is 50.9 Å². The third kappa shape index (κ3) is 3.24. The maximum Gasteiger partial charge on any atom is 0.339 e. The van der Waals surface area contributed by atoms with Crippen molar-refractivity contribution in [3.8, 4) is 0 Å². The highest BCUT2D eigenvalue weighted by molar-refractivity contribution is 7.10. The third-order valence-corrected chi connectivity index (χ3v) is 5.23. The Kier molecular flexibility index (Phi) is 4.76. The van der Waals surface area contributed by atoms with Crippen LogP contribution in [0.3, 0.4) is 0 Å². The molecule has 24 heavy (non-hydrogen) atoms. The van der Waals surface area contributed by atoms with Gasteiger partial charge in [-0.25, -0.2) is 13.6 Å². The van der Waals surface area contributed by atoms with Crippen molar-refractivity contribution in [3.05, 3.63) is 56.8 Å². The van der Waals surface area contributed by atoms with Crippen molar-refractivity contribution >= 4 is 23.1 Å². The number of thiophene rings is 1. The minimum absolute atomic E-state index is 0.0263. The Morgan fingerprint density at radius 3 is 2.67 bits per heavy atom. The number of fused-ring (bicyclic) bond motifs is 1. The first kappa shape index (κ1) is 16.8. The van der Waals surface area contributed by atoms with E-state index in [1.165, 1.54) is 29.2 Å². The summed E-state index contributed by atoms with van der Waals surface area (Å²) >= 11 is 1.54. The van der Waals surface area contributed by atoms with Gasteiger partial charge in [0.25, 0.3) is 0 Å². The fourth-order valence-corrected chi connectivity index (χ4v) is 3.94. The molecule has 0 radical (unpaired) electrons. The molecule has 1 heterocycles. The van der Waals surface area contributed by atoms with E-state index in [2.05, 4.69) is 0 Å². The molecule has 0 N–H and O–H groups in total. The second-order valence-electron chi connectivity index (χ2n) is 5.80. The molecule has 0 bridgehead atoms. The molecule has 3 rings (SSSR count). The molecule has 0 saturated carbocycles. The highest BCUT2D eigenvalue weighted by Gasteiger charge is 2.25. The van der Waals surface area contributed by atoms with Gasteiger partial charge in [-0.15, -0.1) is 11.3 Å². The van der Waals surface area contributed by atoms with Gasteiger partial charge in [-0.2, -0.15) is 0 Å². The zero-order valence-electron chi connectivity index (χ0n) is 13.1. The summed E-state index contributed by atoms with van der Waals surface area (Å²) in [6, 6.07) is 2.87.